The molecule has 0 bridgehead atoms. The van der Waals surface area contributed by atoms with Gasteiger partial charge in [0.15, 0.2) is 0 Å². The van der Waals surface area contributed by atoms with E-state index in [1.165, 1.54) is 0 Å². The van der Waals surface area contributed by atoms with Crippen LogP contribution in [-0.2, 0) is 4.79 Å². The Bertz CT molecular complexity index is 470. The average molecular weight is 252 g/mol. The molecule has 2 atom stereocenters. The van der Waals surface area contributed by atoms with Gasteiger partial charge in [-0.15, -0.1) is 11.6 Å². The number of aliphatic carboxylic acids is 1. The van der Waals surface area contributed by atoms with Crippen LogP contribution in [0.2, 0.25) is 0 Å². The van der Waals surface area contributed by atoms with Gasteiger partial charge in [-0.2, -0.15) is 0 Å². The van der Waals surface area contributed by atoms with Crippen LogP contribution in [0.1, 0.15) is 36.9 Å². The monoisotopic (exact) mass is 251 g/mol. The minimum Gasteiger partial charge on any atom is -0.478 e. The van der Waals surface area contributed by atoms with Crippen LogP contribution in [0.15, 0.2) is 23.9 Å². The van der Waals surface area contributed by atoms with Crippen molar-refractivity contribution in [1.82, 2.24) is 4.98 Å². The van der Waals surface area contributed by atoms with Crippen LogP contribution in [0.25, 0.3) is 6.08 Å². The van der Waals surface area contributed by atoms with E-state index in [4.69, 9.17) is 16.7 Å². The third-order valence-electron chi connectivity index (χ3n) is 2.89. The molecule has 2 rings (SSSR count). The summed E-state index contributed by atoms with van der Waals surface area (Å²) in [6, 6.07) is 3.74. The van der Waals surface area contributed by atoms with Gasteiger partial charge in [0, 0.05) is 28.8 Å². The van der Waals surface area contributed by atoms with E-state index in [0.29, 0.717) is 17.9 Å². The number of carboxylic acid groups (broad SMARTS) is 1. The number of hydrogen-bond acceptors (Lipinski definition) is 2. The zero-order valence-corrected chi connectivity index (χ0v) is 10.3. The Morgan fingerprint density at radius 1 is 1.71 bits per heavy atom. The Hall–Kier alpha value is -1.35. The first-order valence-corrected chi connectivity index (χ1v) is 6.09. The summed E-state index contributed by atoms with van der Waals surface area (Å²) >= 11 is 5.97. The zero-order chi connectivity index (χ0) is 12.4. The number of pyridine rings is 1. The van der Waals surface area contributed by atoms with Crippen molar-refractivity contribution in [3.05, 3.63) is 35.2 Å². The summed E-state index contributed by atoms with van der Waals surface area (Å²) in [7, 11) is 0. The minimum atomic E-state index is -0.868. The van der Waals surface area contributed by atoms with E-state index < -0.39 is 5.97 Å². The third kappa shape index (κ3) is 2.86. The lowest BCUT2D eigenvalue weighted by Crippen LogP contribution is -1.99. The van der Waals surface area contributed by atoms with Gasteiger partial charge in [-0.25, -0.2) is 4.79 Å². The van der Waals surface area contributed by atoms with E-state index in [1.54, 1.807) is 12.3 Å². The molecule has 1 fully saturated rings. The standard InChI is InChI=1S/C13H14ClNO2/c1-2-9(13(16)17)5-8-3-4-15-12(6-8)10-7-11(10)14/h3-6,10-11H,2,7H2,1H3,(H,16,17). The van der Waals surface area contributed by atoms with Crippen LogP contribution in [0, 0.1) is 0 Å². The second-order valence-electron chi connectivity index (χ2n) is 4.20. The van der Waals surface area contributed by atoms with Crippen LogP contribution >= 0.6 is 11.6 Å². The van der Waals surface area contributed by atoms with Gasteiger partial charge in [0.25, 0.3) is 0 Å². The normalized spacial score (nSPS) is 23.5. The molecule has 0 saturated heterocycles. The van der Waals surface area contributed by atoms with E-state index in [0.717, 1.165) is 17.7 Å². The van der Waals surface area contributed by atoms with Gasteiger partial charge < -0.3 is 5.11 Å². The quantitative estimate of drug-likeness (QED) is 0.661. The molecule has 0 radical (unpaired) electrons. The predicted octanol–water partition coefficient (Wildman–Crippen LogP) is 3.05. The Balaban J connectivity index is 2.24. The number of hydrogen-bond donors (Lipinski definition) is 1. The molecule has 1 aliphatic rings. The molecule has 1 saturated carbocycles. The number of carboxylic acids is 1. The van der Waals surface area contributed by atoms with E-state index in [2.05, 4.69) is 4.98 Å². The van der Waals surface area contributed by atoms with Gasteiger partial charge in [-0.3, -0.25) is 4.98 Å². The molecular weight excluding hydrogens is 238 g/mol. The van der Waals surface area contributed by atoms with Crippen LogP contribution < -0.4 is 0 Å². The summed E-state index contributed by atoms with van der Waals surface area (Å²) < 4.78 is 0. The van der Waals surface area contributed by atoms with Crippen molar-refractivity contribution in [2.45, 2.75) is 31.1 Å². The molecule has 1 aromatic rings. The summed E-state index contributed by atoms with van der Waals surface area (Å²) in [5.74, 6) is -0.535. The predicted molar refractivity (Wildman–Crippen MR) is 67.1 cm³/mol. The molecule has 0 aliphatic heterocycles. The van der Waals surface area contributed by atoms with Crippen LogP contribution in [0.3, 0.4) is 0 Å². The number of nitrogens with zero attached hydrogens (tertiary/aromatic N) is 1. The van der Waals surface area contributed by atoms with Crippen molar-refractivity contribution in [3.63, 3.8) is 0 Å². The molecule has 1 N–H and O–H groups in total. The molecule has 17 heavy (non-hydrogen) atoms. The number of aromatic nitrogens is 1. The fourth-order valence-electron chi connectivity index (χ4n) is 1.74. The van der Waals surface area contributed by atoms with Crippen LogP contribution in [0.4, 0.5) is 0 Å². The molecule has 1 aliphatic carbocycles. The SMILES string of the molecule is CCC(=Cc1ccnc(C2CC2Cl)c1)C(=O)O. The van der Waals surface area contributed by atoms with Crippen molar-refractivity contribution < 1.29 is 9.90 Å². The van der Waals surface area contributed by atoms with E-state index in [-0.39, 0.29) is 5.38 Å². The van der Waals surface area contributed by atoms with Crippen LogP contribution in [0.5, 0.6) is 0 Å². The highest BCUT2D eigenvalue weighted by atomic mass is 35.5. The van der Waals surface area contributed by atoms with Gasteiger partial charge >= 0.3 is 5.97 Å². The summed E-state index contributed by atoms with van der Waals surface area (Å²) in [4.78, 5) is 15.2. The van der Waals surface area contributed by atoms with Crippen molar-refractivity contribution in [3.8, 4) is 0 Å². The van der Waals surface area contributed by atoms with E-state index in [9.17, 15) is 4.79 Å². The molecule has 90 valence electrons. The van der Waals surface area contributed by atoms with Crippen molar-refractivity contribution in [1.29, 1.82) is 0 Å². The smallest absolute Gasteiger partial charge is 0.331 e. The summed E-state index contributed by atoms with van der Waals surface area (Å²) in [5.41, 5.74) is 2.24. The summed E-state index contributed by atoms with van der Waals surface area (Å²) in [5, 5.41) is 9.15. The van der Waals surface area contributed by atoms with Gasteiger partial charge in [0.1, 0.15) is 0 Å². The topological polar surface area (TPSA) is 50.2 Å². The molecule has 0 spiro atoms. The highest BCUT2D eigenvalue weighted by Gasteiger charge is 2.37. The Morgan fingerprint density at radius 3 is 2.94 bits per heavy atom. The fraction of sp³-hybridized carbons (Fsp3) is 0.385. The molecule has 1 aromatic heterocycles. The molecule has 0 amide bonds. The Kier molecular flexibility index (Phi) is 3.48. The van der Waals surface area contributed by atoms with Crippen molar-refractivity contribution >= 4 is 23.6 Å². The lowest BCUT2D eigenvalue weighted by molar-refractivity contribution is -0.132. The van der Waals surface area contributed by atoms with E-state index in [1.807, 2.05) is 19.1 Å². The number of rotatable bonds is 4. The second-order valence-corrected chi connectivity index (χ2v) is 4.76. The van der Waals surface area contributed by atoms with Gasteiger partial charge in [-0.1, -0.05) is 6.92 Å². The van der Waals surface area contributed by atoms with Gasteiger partial charge in [0.2, 0.25) is 0 Å². The minimum absolute atomic E-state index is 0.187. The number of alkyl halides is 1. The zero-order valence-electron chi connectivity index (χ0n) is 9.56. The van der Waals surface area contributed by atoms with E-state index >= 15 is 0 Å². The first-order chi connectivity index (χ1) is 8.11. The molecule has 0 aromatic carbocycles. The molecule has 2 unspecified atom stereocenters. The van der Waals surface area contributed by atoms with Crippen LogP contribution in [-0.4, -0.2) is 21.4 Å². The maximum atomic E-state index is 10.9. The number of halogens is 1. The summed E-state index contributed by atoms with van der Waals surface area (Å²) in [6.07, 6.45) is 4.87. The maximum Gasteiger partial charge on any atom is 0.331 e. The highest BCUT2D eigenvalue weighted by molar-refractivity contribution is 6.23. The largest absolute Gasteiger partial charge is 0.478 e. The van der Waals surface area contributed by atoms with Crippen molar-refractivity contribution in [2.75, 3.05) is 0 Å². The third-order valence-corrected chi connectivity index (χ3v) is 3.38. The highest BCUT2D eigenvalue weighted by Crippen LogP contribution is 2.44. The lowest BCUT2D eigenvalue weighted by Gasteiger charge is -2.01. The molecule has 1 heterocycles. The first kappa shape index (κ1) is 12.1. The van der Waals surface area contributed by atoms with Crippen molar-refractivity contribution in [2.24, 2.45) is 0 Å². The Morgan fingerprint density at radius 2 is 2.41 bits per heavy atom. The first-order valence-electron chi connectivity index (χ1n) is 5.65. The second kappa shape index (κ2) is 4.88. The maximum absolute atomic E-state index is 10.9. The van der Waals surface area contributed by atoms with Gasteiger partial charge in [-0.05, 0) is 36.6 Å². The summed E-state index contributed by atoms with van der Waals surface area (Å²) in [6.45, 7) is 1.83. The molecule has 4 heteroatoms. The lowest BCUT2D eigenvalue weighted by atomic mass is 10.1. The fourth-order valence-corrected chi connectivity index (χ4v) is 2.07. The average Bonchev–Trinajstić information content (AvgIpc) is 3.03. The molecular formula is C13H14ClNO2. The molecule has 3 nitrogen and oxygen atoms in total. The number of carbonyl (C=O) groups is 1. The van der Waals surface area contributed by atoms with Gasteiger partial charge in [0.05, 0.1) is 0 Å². The Labute approximate surface area is 105 Å².